The molecule has 0 bridgehead atoms. The predicted molar refractivity (Wildman–Crippen MR) is 85.0 cm³/mol. The number of sulfonamides is 1. The lowest BCUT2D eigenvalue weighted by molar-refractivity contribution is 0.373. The van der Waals surface area contributed by atoms with Gasteiger partial charge in [-0.25, -0.2) is 8.42 Å². The fourth-order valence-electron chi connectivity index (χ4n) is 2.29. The number of alkyl halides is 1. The first-order valence-electron chi connectivity index (χ1n) is 7.02. The summed E-state index contributed by atoms with van der Waals surface area (Å²) in [5.41, 5.74) is 0.820. The quantitative estimate of drug-likeness (QED) is 0.706. The van der Waals surface area contributed by atoms with Crippen LogP contribution < -0.4 is 0 Å². The number of halogens is 1. The van der Waals surface area contributed by atoms with Crippen LogP contribution in [0.15, 0.2) is 10.3 Å². The summed E-state index contributed by atoms with van der Waals surface area (Å²) in [5, 5.41) is 1.89. The van der Waals surface area contributed by atoms with Crippen molar-refractivity contribution in [3.8, 4) is 0 Å². The van der Waals surface area contributed by atoms with Crippen molar-refractivity contribution < 1.29 is 8.42 Å². The fraction of sp³-hybridized carbons (Fsp3) is 0.714. The van der Waals surface area contributed by atoms with Gasteiger partial charge < -0.3 is 0 Å². The van der Waals surface area contributed by atoms with E-state index in [-0.39, 0.29) is 11.9 Å². The van der Waals surface area contributed by atoms with Gasteiger partial charge in [0, 0.05) is 17.5 Å². The van der Waals surface area contributed by atoms with Crippen molar-refractivity contribution in [2.45, 2.75) is 56.9 Å². The Bertz CT molecular complexity index is 562. The number of rotatable bonds is 7. The maximum Gasteiger partial charge on any atom is 0.244 e. The predicted octanol–water partition coefficient (Wildman–Crippen LogP) is 3.99. The Kier molecular flexibility index (Phi) is 5.16. The van der Waals surface area contributed by atoms with Gasteiger partial charge >= 0.3 is 0 Å². The highest BCUT2D eigenvalue weighted by atomic mass is 35.5. The fourth-order valence-corrected chi connectivity index (χ4v) is 6.00. The summed E-state index contributed by atoms with van der Waals surface area (Å²) in [6.45, 7) is 6.71. The largest absolute Gasteiger partial charge is 0.244 e. The minimum atomic E-state index is -3.40. The molecule has 0 radical (unpaired) electrons. The number of hydrogen-bond donors (Lipinski definition) is 0. The van der Waals surface area contributed by atoms with E-state index in [0.717, 1.165) is 29.7 Å². The van der Waals surface area contributed by atoms with Crippen molar-refractivity contribution in [3.05, 3.63) is 15.8 Å². The number of nitrogens with zero attached hydrogens (tertiary/aromatic N) is 1. The van der Waals surface area contributed by atoms with E-state index < -0.39 is 10.0 Å². The second kappa shape index (κ2) is 6.34. The van der Waals surface area contributed by atoms with Gasteiger partial charge in [-0.3, -0.25) is 0 Å². The summed E-state index contributed by atoms with van der Waals surface area (Å²) in [6.07, 6.45) is 2.86. The Labute approximate surface area is 131 Å². The van der Waals surface area contributed by atoms with Gasteiger partial charge in [0.1, 0.15) is 4.90 Å². The molecule has 0 spiro atoms. The second-order valence-electron chi connectivity index (χ2n) is 5.83. The summed E-state index contributed by atoms with van der Waals surface area (Å²) < 4.78 is 27.6. The molecule has 0 amide bonds. The van der Waals surface area contributed by atoms with Gasteiger partial charge in [-0.2, -0.15) is 4.31 Å². The van der Waals surface area contributed by atoms with Crippen molar-refractivity contribution in [1.29, 1.82) is 0 Å². The molecular weight excluding hydrogens is 314 g/mol. The Morgan fingerprint density at radius 1 is 1.45 bits per heavy atom. The molecule has 20 heavy (non-hydrogen) atoms. The van der Waals surface area contributed by atoms with Crippen LogP contribution in [0.25, 0.3) is 0 Å². The van der Waals surface area contributed by atoms with Gasteiger partial charge in [0.2, 0.25) is 10.0 Å². The Morgan fingerprint density at radius 2 is 2.10 bits per heavy atom. The molecule has 1 aliphatic carbocycles. The highest BCUT2D eigenvalue weighted by Gasteiger charge is 2.39. The summed E-state index contributed by atoms with van der Waals surface area (Å²) >= 11 is 7.35. The molecule has 0 aromatic carbocycles. The molecule has 0 saturated heterocycles. The Hall–Kier alpha value is -0.100. The van der Waals surface area contributed by atoms with E-state index in [1.54, 1.807) is 4.31 Å². The van der Waals surface area contributed by atoms with E-state index in [4.69, 9.17) is 11.6 Å². The van der Waals surface area contributed by atoms with E-state index in [1.807, 2.05) is 12.3 Å². The molecule has 0 unspecified atom stereocenters. The molecule has 0 aliphatic heterocycles. The zero-order valence-corrected chi connectivity index (χ0v) is 14.6. The highest BCUT2D eigenvalue weighted by molar-refractivity contribution is 7.89. The normalized spacial score (nSPS) is 16.3. The van der Waals surface area contributed by atoms with Gasteiger partial charge in [-0.1, -0.05) is 13.8 Å². The summed E-state index contributed by atoms with van der Waals surface area (Å²) in [4.78, 5) is 1.22. The lowest BCUT2D eigenvalue weighted by Gasteiger charge is -2.23. The number of thiophene rings is 1. The van der Waals surface area contributed by atoms with Crippen molar-refractivity contribution in [3.63, 3.8) is 0 Å². The minimum absolute atomic E-state index is 0.196. The monoisotopic (exact) mass is 335 g/mol. The average Bonchev–Trinajstić information content (AvgIpc) is 3.10. The van der Waals surface area contributed by atoms with Gasteiger partial charge in [-0.15, -0.1) is 22.9 Å². The SMILES string of the molecule is Cc1csc(CCl)c1S(=O)(=O)N(CCC(C)C)C1CC1. The average molecular weight is 336 g/mol. The first-order valence-corrected chi connectivity index (χ1v) is 9.88. The first kappa shape index (κ1) is 16.3. The Morgan fingerprint density at radius 3 is 2.60 bits per heavy atom. The Balaban J connectivity index is 2.32. The van der Waals surface area contributed by atoms with Crippen LogP contribution in [-0.2, 0) is 15.9 Å². The number of aryl methyl sites for hydroxylation is 1. The first-order chi connectivity index (χ1) is 9.37. The topological polar surface area (TPSA) is 37.4 Å². The third kappa shape index (κ3) is 3.38. The van der Waals surface area contributed by atoms with E-state index in [1.165, 1.54) is 11.3 Å². The van der Waals surface area contributed by atoms with Crippen LogP contribution >= 0.6 is 22.9 Å². The smallest absolute Gasteiger partial charge is 0.207 e. The molecule has 3 nitrogen and oxygen atoms in total. The molecule has 114 valence electrons. The molecule has 1 saturated carbocycles. The summed E-state index contributed by atoms with van der Waals surface area (Å²) in [6, 6.07) is 0.196. The molecule has 1 heterocycles. The maximum absolute atomic E-state index is 13.0. The van der Waals surface area contributed by atoms with Gasteiger partial charge in [0.25, 0.3) is 0 Å². The van der Waals surface area contributed by atoms with E-state index in [0.29, 0.717) is 17.4 Å². The van der Waals surface area contributed by atoms with Crippen LogP contribution in [0, 0.1) is 12.8 Å². The second-order valence-corrected chi connectivity index (χ2v) is 8.89. The van der Waals surface area contributed by atoms with E-state index in [2.05, 4.69) is 13.8 Å². The highest BCUT2D eigenvalue weighted by Crippen LogP contribution is 2.37. The molecule has 1 fully saturated rings. The molecule has 1 aromatic heterocycles. The van der Waals surface area contributed by atoms with Crippen molar-refractivity contribution in [2.24, 2.45) is 5.92 Å². The molecule has 1 aliphatic rings. The van der Waals surface area contributed by atoms with Gasteiger partial charge in [-0.05, 0) is 43.0 Å². The molecule has 2 rings (SSSR count). The van der Waals surface area contributed by atoms with Gasteiger partial charge in [0.05, 0.1) is 5.88 Å². The van der Waals surface area contributed by atoms with Crippen LogP contribution in [0.1, 0.15) is 43.6 Å². The molecule has 6 heteroatoms. The van der Waals surface area contributed by atoms with Crippen molar-refractivity contribution in [2.75, 3.05) is 6.54 Å². The van der Waals surface area contributed by atoms with E-state index >= 15 is 0 Å². The van der Waals surface area contributed by atoms with Gasteiger partial charge in [0.15, 0.2) is 0 Å². The summed E-state index contributed by atoms with van der Waals surface area (Å²) in [5.74, 6) is 0.762. The third-order valence-corrected chi connectivity index (χ3v) is 7.40. The third-order valence-electron chi connectivity index (χ3n) is 3.56. The maximum atomic E-state index is 13.0. The van der Waals surface area contributed by atoms with Crippen LogP contribution in [0.3, 0.4) is 0 Å². The minimum Gasteiger partial charge on any atom is -0.207 e. The van der Waals surface area contributed by atoms with Crippen molar-refractivity contribution >= 4 is 33.0 Å². The molecule has 1 aromatic rings. The molecule has 0 atom stereocenters. The zero-order valence-electron chi connectivity index (χ0n) is 12.2. The lowest BCUT2D eigenvalue weighted by atomic mass is 10.1. The van der Waals surface area contributed by atoms with Crippen LogP contribution in [0.5, 0.6) is 0 Å². The van der Waals surface area contributed by atoms with E-state index in [9.17, 15) is 8.42 Å². The summed E-state index contributed by atoms with van der Waals surface area (Å²) in [7, 11) is -3.40. The van der Waals surface area contributed by atoms with Crippen LogP contribution in [-0.4, -0.2) is 25.3 Å². The zero-order chi connectivity index (χ0) is 14.9. The van der Waals surface area contributed by atoms with Crippen LogP contribution in [0.4, 0.5) is 0 Å². The lowest BCUT2D eigenvalue weighted by Crippen LogP contribution is -2.35. The van der Waals surface area contributed by atoms with Crippen LogP contribution in [0.2, 0.25) is 0 Å². The molecule has 0 N–H and O–H groups in total. The number of hydrogen-bond acceptors (Lipinski definition) is 3. The van der Waals surface area contributed by atoms with Crippen molar-refractivity contribution in [1.82, 2.24) is 4.31 Å². The molecular formula is C14H22ClNO2S2. The standard InChI is InChI=1S/C14H22ClNO2S2/c1-10(2)6-7-16(12-4-5-12)20(17,18)14-11(3)9-19-13(14)8-15/h9-10,12H,4-8H2,1-3H3.